The summed E-state index contributed by atoms with van der Waals surface area (Å²) in [4.78, 5) is 28.5. The molecule has 1 aliphatic rings. The lowest BCUT2D eigenvalue weighted by atomic mass is 9.93. The average Bonchev–Trinajstić information content (AvgIpc) is 2.77. The topological polar surface area (TPSA) is 66.7 Å². The second-order valence-electron chi connectivity index (χ2n) is 7.74. The summed E-state index contributed by atoms with van der Waals surface area (Å²) in [6, 6.07) is 14.9. The van der Waals surface area contributed by atoms with Gasteiger partial charge in [0.1, 0.15) is 5.69 Å². The maximum atomic E-state index is 13.4. The third-order valence-electron chi connectivity index (χ3n) is 5.83. The Morgan fingerprint density at radius 3 is 2.47 bits per heavy atom. The molecule has 2 aromatic carbocycles. The van der Waals surface area contributed by atoms with Gasteiger partial charge >= 0.3 is 0 Å². The molecule has 3 rings (SSSR count). The maximum absolute atomic E-state index is 13.4. The Kier molecular flexibility index (Phi) is 7.48. The fourth-order valence-corrected chi connectivity index (χ4v) is 4.82. The molecule has 0 bridgehead atoms. The van der Waals surface area contributed by atoms with Crippen LogP contribution in [0, 0.1) is 16.0 Å². The van der Waals surface area contributed by atoms with E-state index < -0.39 is 0 Å². The predicted molar refractivity (Wildman–Crippen MR) is 123 cm³/mol. The van der Waals surface area contributed by atoms with Crippen molar-refractivity contribution in [1.29, 1.82) is 0 Å². The lowest BCUT2D eigenvalue weighted by Crippen LogP contribution is -2.44. The molecular weight excluding hydrogens is 446 g/mol. The first-order valence-corrected chi connectivity index (χ1v) is 11.3. The van der Waals surface area contributed by atoms with Crippen molar-refractivity contribution in [2.24, 2.45) is 5.92 Å². The number of rotatable bonds is 7. The predicted octanol–water partition coefficient (Wildman–Crippen LogP) is 5.57. The SMILES string of the molecule is CCCN(C(=O)C1CCN(c2ccccc2[N+](=O)[O-])CC1)C(C)c1ccccc1Br. The minimum atomic E-state index is -0.338. The second kappa shape index (κ2) is 10.1. The van der Waals surface area contributed by atoms with Crippen molar-refractivity contribution in [3.63, 3.8) is 0 Å². The van der Waals surface area contributed by atoms with Crippen molar-refractivity contribution < 1.29 is 9.72 Å². The Hall–Kier alpha value is -2.41. The minimum absolute atomic E-state index is 0.0127. The fourth-order valence-electron chi connectivity index (χ4n) is 4.21. The van der Waals surface area contributed by atoms with Crippen molar-refractivity contribution in [3.05, 3.63) is 68.7 Å². The molecule has 30 heavy (non-hydrogen) atoms. The van der Waals surface area contributed by atoms with Gasteiger partial charge in [0.2, 0.25) is 5.91 Å². The van der Waals surface area contributed by atoms with Crippen LogP contribution in [0.25, 0.3) is 0 Å². The fraction of sp³-hybridized carbons (Fsp3) is 0.435. The van der Waals surface area contributed by atoms with E-state index >= 15 is 0 Å². The lowest BCUT2D eigenvalue weighted by molar-refractivity contribution is -0.384. The number of anilines is 1. The van der Waals surface area contributed by atoms with Crippen molar-refractivity contribution in [2.75, 3.05) is 24.5 Å². The van der Waals surface area contributed by atoms with Crippen LogP contribution in [-0.4, -0.2) is 35.4 Å². The molecule has 1 heterocycles. The van der Waals surface area contributed by atoms with Gasteiger partial charge in [-0.3, -0.25) is 14.9 Å². The highest BCUT2D eigenvalue weighted by Gasteiger charge is 2.32. The van der Waals surface area contributed by atoms with Crippen LogP contribution in [0.5, 0.6) is 0 Å². The highest BCUT2D eigenvalue weighted by Crippen LogP contribution is 2.34. The van der Waals surface area contributed by atoms with Gasteiger partial charge in [-0.1, -0.05) is 53.2 Å². The smallest absolute Gasteiger partial charge is 0.292 e. The lowest BCUT2D eigenvalue weighted by Gasteiger charge is -2.37. The number of hydrogen-bond donors (Lipinski definition) is 0. The molecule has 0 aliphatic carbocycles. The van der Waals surface area contributed by atoms with Crippen molar-refractivity contribution in [2.45, 2.75) is 39.2 Å². The third kappa shape index (κ3) is 4.83. The van der Waals surface area contributed by atoms with Crippen LogP contribution in [0.3, 0.4) is 0 Å². The number of carbonyl (C=O) groups is 1. The van der Waals surface area contributed by atoms with Gasteiger partial charge in [-0.05, 0) is 43.9 Å². The number of nitro groups is 1. The van der Waals surface area contributed by atoms with E-state index in [0.717, 1.165) is 16.5 Å². The zero-order valence-corrected chi connectivity index (χ0v) is 19.0. The number of benzene rings is 2. The van der Waals surface area contributed by atoms with Gasteiger partial charge in [0, 0.05) is 36.1 Å². The molecule has 1 amide bonds. The average molecular weight is 474 g/mol. The quantitative estimate of drug-likeness (QED) is 0.389. The summed E-state index contributed by atoms with van der Waals surface area (Å²) < 4.78 is 1.01. The van der Waals surface area contributed by atoms with Crippen LogP contribution in [-0.2, 0) is 4.79 Å². The summed E-state index contributed by atoms with van der Waals surface area (Å²) >= 11 is 3.61. The zero-order chi connectivity index (χ0) is 21.7. The zero-order valence-electron chi connectivity index (χ0n) is 17.5. The first-order chi connectivity index (χ1) is 14.4. The van der Waals surface area contributed by atoms with E-state index in [9.17, 15) is 14.9 Å². The van der Waals surface area contributed by atoms with Gasteiger partial charge in [0.15, 0.2) is 0 Å². The first-order valence-electron chi connectivity index (χ1n) is 10.5. The summed E-state index contributed by atoms with van der Waals surface area (Å²) in [7, 11) is 0. The molecule has 0 spiro atoms. The van der Waals surface area contributed by atoms with E-state index in [0.29, 0.717) is 38.2 Å². The van der Waals surface area contributed by atoms with E-state index in [1.165, 1.54) is 6.07 Å². The van der Waals surface area contributed by atoms with Crippen LogP contribution in [0.15, 0.2) is 53.0 Å². The van der Waals surface area contributed by atoms with E-state index in [2.05, 4.69) is 35.8 Å². The summed E-state index contributed by atoms with van der Waals surface area (Å²) in [6.45, 7) is 6.17. The number of amides is 1. The van der Waals surface area contributed by atoms with Crippen LogP contribution in [0.1, 0.15) is 44.7 Å². The number of halogens is 1. The molecule has 1 saturated heterocycles. The Labute approximate surface area is 186 Å². The van der Waals surface area contributed by atoms with Crippen LogP contribution in [0.4, 0.5) is 11.4 Å². The number of carbonyl (C=O) groups excluding carboxylic acids is 1. The monoisotopic (exact) mass is 473 g/mol. The molecule has 6 nitrogen and oxygen atoms in total. The molecule has 0 radical (unpaired) electrons. The highest BCUT2D eigenvalue weighted by atomic mass is 79.9. The van der Waals surface area contributed by atoms with Gasteiger partial charge in [-0.2, -0.15) is 0 Å². The number of piperidine rings is 1. The highest BCUT2D eigenvalue weighted by molar-refractivity contribution is 9.10. The molecule has 0 saturated carbocycles. The molecule has 1 atom stereocenters. The standard InChI is InChI=1S/C23H28BrN3O3/c1-3-14-26(17(2)19-8-4-5-9-20(19)24)23(28)18-12-15-25(16-13-18)21-10-6-7-11-22(21)27(29)30/h4-11,17-18H,3,12-16H2,1-2H3. The molecule has 7 heteroatoms. The normalized spacial score (nSPS) is 15.6. The maximum Gasteiger partial charge on any atom is 0.292 e. The number of nitrogens with zero attached hydrogens (tertiary/aromatic N) is 3. The van der Waals surface area contributed by atoms with E-state index in [4.69, 9.17) is 0 Å². The Morgan fingerprint density at radius 2 is 1.83 bits per heavy atom. The summed E-state index contributed by atoms with van der Waals surface area (Å²) in [6.07, 6.45) is 2.30. The van der Waals surface area contributed by atoms with Crippen LogP contribution in [0.2, 0.25) is 0 Å². The minimum Gasteiger partial charge on any atom is -0.366 e. The molecule has 0 aromatic heterocycles. The van der Waals surface area contributed by atoms with Gasteiger partial charge in [-0.25, -0.2) is 0 Å². The number of hydrogen-bond acceptors (Lipinski definition) is 4. The van der Waals surface area contributed by atoms with Gasteiger partial charge in [0.25, 0.3) is 5.69 Å². The summed E-state index contributed by atoms with van der Waals surface area (Å²) in [5.74, 6) is 0.128. The molecule has 1 aliphatic heterocycles. The number of nitro benzene ring substituents is 1. The number of para-hydroxylation sites is 2. The molecule has 1 fully saturated rings. The van der Waals surface area contributed by atoms with E-state index in [1.807, 2.05) is 34.1 Å². The van der Waals surface area contributed by atoms with Crippen molar-refractivity contribution in [3.8, 4) is 0 Å². The van der Waals surface area contributed by atoms with Crippen molar-refractivity contribution >= 4 is 33.2 Å². The van der Waals surface area contributed by atoms with Crippen LogP contribution < -0.4 is 4.90 Å². The summed E-state index contributed by atoms with van der Waals surface area (Å²) in [5, 5.41) is 11.3. The largest absolute Gasteiger partial charge is 0.366 e. The molecule has 160 valence electrons. The second-order valence-corrected chi connectivity index (χ2v) is 8.59. The Morgan fingerprint density at radius 1 is 1.20 bits per heavy atom. The molecular formula is C23H28BrN3O3. The van der Waals surface area contributed by atoms with Gasteiger partial charge in [0.05, 0.1) is 11.0 Å². The Bertz CT molecular complexity index is 897. The molecule has 2 aromatic rings. The van der Waals surface area contributed by atoms with E-state index in [1.54, 1.807) is 12.1 Å². The first kappa shape index (κ1) is 22.3. The molecule has 1 unspecified atom stereocenters. The molecule has 0 N–H and O–H groups in total. The Balaban J connectivity index is 1.71. The summed E-state index contributed by atoms with van der Waals surface area (Å²) in [5.41, 5.74) is 1.87. The van der Waals surface area contributed by atoms with E-state index in [-0.39, 0.29) is 28.5 Å². The van der Waals surface area contributed by atoms with Crippen molar-refractivity contribution in [1.82, 2.24) is 4.90 Å². The van der Waals surface area contributed by atoms with Gasteiger partial charge in [-0.15, -0.1) is 0 Å². The third-order valence-corrected chi connectivity index (χ3v) is 6.56. The van der Waals surface area contributed by atoms with Crippen LogP contribution >= 0.6 is 15.9 Å². The van der Waals surface area contributed by atoms with Gasteiger partial charge < -0.3 is 9.80 Å².